The molecule has 2 unspecified atom stereocenters. The first-order chi connectivity index (χ1) is 64.7. The van der Waals surface area contributed by atoms with Crippen LogP contribution in [-0.2, 0) is 57.0 Å². The quantitative estimate of drug-likeness (QED) is 0.0241. The highest BCUT2D eigenvalue weighted by Gasteiger charge is 2.21. The van der Waals surface area contributed by atoms with Gasteiger partial charge in [0.25, 0.3) is 0 Å². The maximum atomic E-state index is 12.4. The van der Waals surface area contributed by atoms with E-state index in [0.717, 1.165) is 225 Å². The second kappa shape index (κ2) is 107. The van der Waals surface area contributed by atoms with Crippen molar-refractivity contribution in [2.24, 2.45) is 0 Å². The van der Waals surface area contributed by atoms with Crippen molar-refractivity contribution in [2.45, 2.75) is 561 Å². The first-order valence-corrected chi connectivity index (χ1v) is 55.9. The van der Waals surface area contributed by atoms with Crippen LogP contribution in [0.2, 0.25) is 0 Å². The molecule has 133 heavy (non-hydrogen) atoms. The molecule has 18 heteroatoms. The molecule has 0 fully saturated rings. The molecule has 782 valence electrons. The van der Waals surface area contributed by atoms with Gasteiger partial charge in [-0.25, -0.2) is 14.4 Å². The van der Waals surface area contributed by atoms with Crippen molar-refractivity contribution < 1.29 is 71.4 Å². The van der Waals surface area contributed by atoms with Crippen LogP contribution in [-0.4, -0.2) is 169 Å². The van der Waals surface area contributed by atoms with Crippen LogP contribution in [0.5, 0.6) is 0 Å². The first kappa shape index (κ1) is 132. The Balaban J connectivity index is -0.00000194. The second-order valence-corrected chi connectivity index (χ2v) is 38.9. The third-order valence-electron chi connectivity index (χ3n) is 24.5. The Morgan fingerprint density at radius 1 is 0.203 bits per heavy atom. The Kier molecular flexibility index (Phi) is 106. The van der Waals surface area contributed by atoms with Crippen molar-refractivity contribution in [1.82, 2.24) is 14.7 Å². The lowest BCUT2D eigenvalue weighted by Crippen LogP contribution is -2.21. The molecule has 0 aromatic rings. The van der Waals surface area contributed by atoms with E-state index in [2.05, 4.69) is 117 Å². The van der Waals surface area contributed by atoms with E-state index in [9.17, 15) is 28.8 Å². The van der Waals surface area contributed by atoms with Gasteiger partial charge in [-0.3, -0.25) is 14.4 Å². The zero-order valence-electron chi connectivity index (χ0n) is 89.9. The molecule has 18 nitrogen and oxygen atoms in total. The van der Waals surface area contributed by atoms with Crippen LogP contribution in [0.1, 0.15) is 525 Å². The fourth-order valence-electron chi connectivity index (χ4n) is 16.5. The molecular formula is C115H217N3O15. The standard InChI is InChI=1S/C45H83NO7.C36H69NO5.C34H65NO3/c1-7-9-11-25-32-42(51-40(3)47)34-27-21-17-13-15-19-23-29-36-44(53-45(49)50-39-31-38-46(5)6)37-30-24-20-16-14-18-22-28-35-43(52-41(4)48)33-26-12-10-8-2;1-6-8-10-12-13-16-20-24-29-35(42-36(39)40-32-26-31-37(4)5)30-25-21-18-15-14-17-19-23-28-34(41-33(3)38)27-22-11-9-7-2;1-5-7-9-11-13-15-16-17-18-19-20-21-23-25-27-30-33(29-26-24-22-14-12-10-8-6-2)38-34(36)37-32-28-31-35(3)4/h21-22,27-28,42-44H,7-20,23-26,29-39H2,1-6H3;19,23,34-35H,6-18,20-22,24-32H2,1-5H3;13,15,17-18,33H,5-12,14,16,19-32H2,1-4H3/b27-21-,28-22-;23-19-;15-13-,18-17-/t42-,43-;34-,35?;/m11./s1. The SMILES string of the molecule is CCCCC/C=C\C/C=C\CCCCCCCC(CCCCCCCCCC)OC(=O)OCCCN(C)C.CCCCCCCCCCC(CCCCCCC/C=C\C[C@@H](CCCCCC)OC(C)=O)OC(=O)OCCCN(C)C.CCCCCC[C@H](C/C=C\CCCCCCCC(CCCCCCC/C=C\C[C@@H](CCCCCC)OC(C)=O)OC(=O)OCCCN(C)C)OC(C)=O. The lowest BCUT2D eigenvalue weighted by atomic mass is 10.0. The van der Waals surface area contributed by atoms with Crippen molar-refractivity contribution in [1.29, 1.82) is 0 Å². The van der Waals surface area contributed by atoms with Gasteiger partial charge in [0.05, 0.1) is 19.8 Å². The molecule has 0 saturated heterocycles. The summed E-state index contributed by atoms with van der Waals surface area (Å²) in [5.74, 6) is -0.544. The lowest BCUT2D eigenvalue weighted by Gasteiger charge is -2.18. The normalized spacial score (nSPS) is 12.9. The summed E-state index contributed by atoms with van der Waals surface area (Å²) in [4.78, 5) is 77.6. The van der Waals surface area contributed by atoms with Crippen LogP contribution >= 0.6 is 0 Å². The molecule has 0 aliphatic carbocycles. The minimum atomic E-state index is -0.527. The third-order valence-corrected chi connectivity index (χ3v) is 24.5. The monoisotopic (exact) mass is 1880 g/mol. The number of ether oxygens (including phenoxy) is 9. The number of carbonyl (C=O) groups is 6. The number of unbranched alkanes of at least 4 members (excludes halogenated alkanes) is 46. The summed E-state index contributed by atoms with van der Waals surface area (Å²) in [7, 11) is 12.1. The van der Waals surface area contributed by atoms with Gasteiger partial charge in [0.15, 0.2) is 0 Å². The molecule has 0 N–H and O–H groups in total. The summed E-state index contributed by atoms with van der Waals surface area (Å²) in [6.45, 7) is 21.9. The Bertz CT molecular complexity index is 2590. The Labute approximate surface area is 821 Å². The molecule has 0 bridgehead atoms. The molecule has 0 aromatic carbocycles. The molecule has 0 rings (SSSR count). The number of hydrogen-bond donors (Lipinski definition) is 0. The van der Waals surface area contributed by atoms with Crippen molar-refractivity contribution in [2.75, 3.05) is 81.7 Å². The van der Waals surface area contributed by atoms with Gasteiger partial charge in [0.1, 0.15) is 36.6 Å². The van der Waals surface area contributed by atoms with E-state index in [1.54, 1.807) is 0 Å². The van der Waals surface area contributed by atoms with Crippen LogP contribution in [0.15, 0.2) is 60.8 Å². The van der Waals surface area contributed by atoms with Gasteiger partial charge in [0.2, 0.25) is 0 Å². The maximum absolute atomic E-state index is 12.4. The van der Waals surface area contributed by atoms with Crippen LogP contribution < -0.4 is 0 Å². The molecular weight excluding hydrogens is 1660 g/mol. The number of nitrogens with zero attached hydrogens (tertiary/aromatic N) is 3. The highest BCUT2D eigenvalue weighted by molar-refractivity contribution is 5.67. The van der Waals surface area contributed by atoms with Gasteiger partial charge in [-0.05, 0) is 248 Å². The van der Waals surface area contributed by atoms with Crippen molar-refractivity contribution in [3.63, 3.8) is 0 Å². The average Bonchev–Trinajstić information content (AvgIpc) is 0.760. The predicted octanol–water partition coefficient (Wildman–Crippen LogP) is 34.0. The van der Waals surface area contributed by atoms with Crippen LogP contribution in [0, 0.1) is 0 Å². The van der Waals surface area contributed by atoms with Gasteiger partial charge in [-0.1, -0.05) is 340 Å². The molecule has 0 heterocycles. The first-order valence-electron chi connectivity index (χ1n) is 55.9. The van der Waals surface area contributed by atoms with Crippen molar-refractivity contribution in [3.8, 4) is 0 Å². The molecule has 0 spiro atoms. The van der Waals surface area contributed by atoms with Gasteiger partial charge in [-0.2, -0.15) is 0 Å². The second-order valence-electron chi connectivity index (χ2n) is 38.9. The summed E-state index contributed by atoms with van der Waals surface area (Å²) >= 11 is 0. The number of hydrogen-bond acceptors (Lipinski definition) is 18. The van der Waals surface area contributed by atoms with Crippen molar-refractivity contribution in [3.05, 3.63) is 60.8 Å². The van der Waals surface area contributed by atoms with E-state index in [0.29, 0.717) is 19.8 Å². The fourth-order valence-corrected chi connectivity index (χ4v) is 16.5. The average molecular weight is 1880 g/mol. The Hall–Kier alpha value is -5.20. The van der Waals surface area contributed by atoms with Crippen LogP contribution in [0.3, 0.4) is 0 Å². The predicted molar refractivity (Wildman–Crippen MR) is 563 cm³/mol. The van der Waals surface area contributed by atoms with E-state index >= 15 is 0 Å². The summed E-state index contributed by atoms with van der Waals surface area (Å²) < 4.78 is 49.9. The van der Waals surface area contributed by atoms with Gasteiger partial charge in [0, 0.05) is 59.7 Å². The van der Waals surface area contributed by atoms with Crippen LogP contribution in [0.4, 0.5) is 14.4 Å². The zero-order valence-corrected chi connectivity index (χ0v) is 89.9. The molecule has 0 aliphatic rings. The minimum Gasteiger partial charge on any atom is -0.462 e. The Morgan fingerprint density at radius 3 is 0.586 bits per heavy atom. The van der Waals surface area contributed by atoms with Gasteiger partial charge >= 0.3 is 36.4 Å². The molecule has 0 aliphatic heterocycles. The maximum Gasteiger partial charge on any atom is 0.508 e. The van der Waals surface area contributed by atoms with Gasteiger partial charge in [-0.15, -0.1) is 0 Å². The topological polar surface area (TPSA) is 195 Å². The summed E-state index contributed by atoms with van der Waals surface area (Å²) in [6.07, 6.45) is 104. The highest BCUT2D eigenvalue weighted by Crippen LogP contribution is 2.25. The third kappa shape index (κ3) is 110. The van der Waals surface area contributed by atoms with Gasteiger partial charge < -0.3 is 57.3 Å². The van der Waals surface area contributed by atoms with E-state index in [1.165, 1.54) is 278 Å². The number of carbonyl (C=O) groups excluding carboxylic acids is 6. The molecule has 5 atom stereocenters. The molecule has 0 aromatic heterocycles. The van der Waals surface area contributed by atoms with E-state index in [1.807, 2.05) is 42.3 Å². The van der Waals surface area contributed by atoms with Crippen LogP contribution in [0.25, 0.3) is 0 Å². The largest absolute Gasteiger partial charge is 0.508 e. The van der Waals surface area contributed by atoms with E-state index in [-0.39, 0.29) is 54.5 Å². The van der Waals surface area contributed by atoms with E-state index < -0.39 is 18.5 Å². The lowest BCUT2D eigenvalue weighted by molar-refractivity contribution is -0.147. The molecule has 0 amide bonds. The zero-order chi connectivity index (χ0) is 98.2. The highest BCUT2D eigenvalue weighted by atomic mass is 16.7. The summed E-state index contributed by atoms with van der Waals surface area (Å²) in [5, 5.41) is 0. The number of rotatable bonds is 95. The van der Waals surface area contributed by atoms with Crippen molar-refractivity contribution >= 4 is 36.4 Å². The Morgan fingerprint density at radius 2 is 0.376 bits per heavy atom. The number of allylic oxidation sites excluding steroid dienone is 7. The van der Waals surface area contributed by atoms with E-state index in [4.69, 9.17) is 42.6 Å². The minimum absolute atomic E-state index is 0.00322. The summed E-state index contributed by atoms with van der Waals surface area (Å²) in [5.41, 5.74) is 0. The molecule has 0 saturated carbocycles. The summed E-state index contributed by atoms with van der Waals surface area (Å²) in [6, 6.07) is 0. The smallest absolute Gasteiger partial charge is 0.462 e. The fraction of sp³-hybridized carbons (Fsp3) is 0.861. The number of esters is 3. The molecule has 0 radical (unpaired) electrons.